The van der Waals surface area contributed by atoms with Crippen molar-refractivity contribution in [3.05, 3.63) is 78.8 Å². The zero-order valence-electron chi connectivity index (χ0n) is 18.4. The first-order chi connectivity index (χ1) is 15.7. The number of hydrogen-bond acceptors (Lipinski definition) is 3. The highest BCUT2D eigenvalue weighted by Gasteiger charge is 2.46. The Bertz CT molecular complexity index is 1310. The van der Waals surface area contributed by atoms with Gasteiger partial charge in [0.2, 0.25) is 0 Å². The van der Waals surface area contributed by atoms with Gasteiger partial charge in [-0.1, -0.05) is 30.3 Å². The minimum atomic E-state index is 0.511. The van der Waals surface area contributed by atoms with E-state index in [1.165, 1.54) is 59.8 Å². The molecule has 0 unspecified atom stereocenters. The highest BCUT2D eigenvalue weighted by molar-refractivity contribution is 5.72. The lowest BCUT2D eigenvalue weighted by Crippen LogP contribution is -2.55. The average Bonchev–Trinajstić information content (AvgIpc) is 3.51. The largest absolute Gasteiger partial charge is 0.371 e. The first-order valence-corrected chi connectivity index (χ1v) is 11.5. The molecule has 2 aromatic heterocycles. The molecule has 3 aliphatic heterocycles. The van der Waals surface area contributed by atoms with Gasteiger partial charge in [0.15, 0.2) is 5.82 Å². The number of rotatable bonds is 2. The van der Waals surface area contributed by atoms with Gasteiger partial charge < -0.3 is 14.4 Å². The van der Waals surface area contributed by atoms with Crippen LogP contribution in [0.1, 0.15) is 12.0 Å². The summed E-state index contributed by atoms with van der Waals surface area (Å²) < 4.78 is 4.61. The van der Waals surface area contributed by atoms with Gasteiger partial charge in [0.05, 0.1) is 11.4 Å². The van der Waals surface area contributed by atoms with Gasteiger partial charge in [-0.2, -0.15) is 0 Å². The molecule has 4 aromatic rings. The molecule has 1 spiro atoms. The smallest absolute Gasteiger partial charge is 0.161 e. The summed E-state index contributed by atoms with van der Waals surface area (Å²) >= 11 is 0. The lowest BCUT2D eigenvalue weighted by atomic mass is 9.79. The normalized spacial score (nSPS) is 18.7. The number of imidazole rings is 1. The van der Waals surface area contributed by atoms with Crippen molar-refractivity contribution in [1.29, 1.82) is 0 Å². The lowest BCUT2D eigenvalue weighted by molar-refractivity contribution is 0.0424. The summed E-state index contributed by atoms with van der Waals surface area (Å²) in [6.07, 6.45) is 7.59. The number of aromatic nitrogens is 3. The van der Waals surface area contributed by atoms with Crippen LogP contribution in [0, 0.1) is 5.41 Å². The van der Waals surface area contributed by atoms with Crippen LogP contribution in [0.3, 0.4) is 0 Å². The summed E-state index contributed by atoms with van der Waals surface area (Å²) in [5, 5.41) is 0. The van der Waals surface area contributed by atoms with Gasteiger partial charge in [-0.25, -0.2) is 4.98 Å². The van der Waals surface area contributed by atoms with Crippen molar-refractivity contribution in [1.82, 2.24) is 19.0 Å². The molecule has 7 rings (SSSR count). The molecule has 2 aromatic carbocycles. The second-order valence-electron chi connectivity index (χ2n) is 9.89. The summed E-state index contributed by atoms with van der Waals surface area (Å²) in [5.41, 5.74) is 8.11. The Balaban J connectivity index is 1.28. The molecule has 2 fully saturated rings. The van der Waals surface area contributed by atoms with Gasteiger partial charge in [-0.05, 0) is 48.9 Å². The number of nitrogens with zero attached hydrogens (tertiary/aromatic N) is 5. The van der Waals surface area contributed by atoms with Crippen molar-refractivity contribution in [3.63, 3.8) is 0 Å². The van der Waals surface area contributed by atoms with Crippen molar-refractivity contribution in [2.45, 2.75) is 13.0 Å². The third-order valence-electron chi connectivity index (χ3n) is 7.55. The van der Waals surface area contributed by atoms with Crippen LogP contribution in [0.5, 0.6) is 0 Å². The number of benzene rings is 2. The summed E-state index contributed by atoms with van der Waals surface area (Å²) in [6, 6.07) is 19.9. The quantitative estimate of drug-likeness (QED) is 0.420. The third-order valence-corrected chi connectivity index (χ3v) is 7.55. The molecule has 0 atom stereocenters. The topological polar surface area (TPSA) is 29.2 Å². The fourth-order valence-electron chi connectivity index (χ4n) is 6.13. The Kier molecular flexibility index (Phi) is 3.77. The van der Waals surface area contributed by atoms with Crippen LogP contribution in [0.25, 0.3) is 28.3 Å². The fourth-order valence-corrected chi connectivity index (χ4v) is 6.13. The molecule has 0 saturated carbocycles. The van der Waals surface area contributed by atoms with E-state index in [1.807, 2.05) is 6.20 Å². The van der Waals surface area contributed by atoms with Gasteiger partial charge in [0.25, 0.3) is 0 Å². The van der Waals surface area contributed by atoms with E-state index < -0.39 is 0 Å². The Morgan fingerprint density at radius 1 is 0.938 bits per heavy atom. The van der Waals surface area contributed by atoms with E-state index in [0.29, 0.717) is 5.41 Å². The van der Waals surface area contributed by atoms with Crippen LogP contribution < -0.4 is 4.90 Å². The predicted molar refractivity (Wildman–Crippen MR) is 128 cm³/mol. The van der Waals surface area contributed by atoms with E-state index in [9.17, 15) is 0 Å². The van der Waals surface area contributed by atoms with Crippen LogP contribution >= 0.6 is 0 Å². The van der Waals surface area contributed by atoms with Crippen LogP contribution in [0.15, 0.2) is 73.2 Å². The van der Waals surface area contributed by atoms with Gasteiger partial charge >= 0.3 is 0 Å². The minimum Gasteiger partial charge on any atom is -0.371 e. The molecule has 5 nitrogen and oxygen atoms in total. The average molecular weight is 422 g/mol. The van der Waals surface area contributed by atoms with Gasteiger partial charge in [-0.15, -0.1) is 0 Å². The Morgan fingerprint density at radius 3 is 2.66 bits per heavy atom. The molecule has 0 aliphatic carbocycles. The van der Waals surface area contributed by atoms with Crippen LogP contribution in [-0.2, 0) is 6.54 Å². The monoisotopic (exact) mass is 421 g/mol. The van der Waals surface area contributed by atoms with Gasteiger partial charge in [0.1, 0.15) is 0 Å². The molecule has 3 aliphatic rings. The molecule has 5 heterocycles. The maximum atomic E-state index is 4.74. The number of fused-ring (bicyclic) bond motifs is 5. The molecule has 5 heteroatoms. The summed E-state index contributed by atoms with van der Waals surface area (Å²) in [7, 11) is 2.23. The second-order valence-corrected chi connectivity index (χ2v) is 9.89. The van der Waals surface area contributed by atoms with E-state index in [-0.39, 0.29) is 0 Å². The van der Waals surface area contributed by atoms with E-state index in [2.05, 4.69) is 93.0 Å². The zero-order valence-corrected chi connectivity index (χ0v) is 18.4. The molecular formula is C27H27N5. The van der Waals surface area contributed by atoms with Crippen LogP contribution in [0.4, 0.5) is 5.69 Å². The predicted octanol–water partition coefficient (Wildman–Crippen LogP) is 4.51. The molecule has 0 bridgehead atoms. The second kappa shape index (κ2) is 6.59. The fraction of sp³-hybridized carbons (Fsp3) is 0.296. The molecule has 0 N–H and O–H groups in total. The zero-order chi connectivity index (χ0) is 21.3. The summed E-state index contributed by atoms with van der Waals surface area (Å²) in [4.78, 5) is 9.78. The molecular weight excluding hydrogens is 394 g/mol. The maximum absolute atomic E-state index is 4.74. The van der Waals surface area contributed by atoms with E-state index >= 15 is 0 Å². The highest BCUT2D eigenvalue weighted by Crippen LogP contribution is 2.41. The summed E-state index contributed by atoms with van der Waals surface area (Å²) in [6.45, 7) is 5.68. The van der Waals surface area contributed by atoms with Crippen LogP contribution in [0.2, 0.25) is 0 Å². The van der Waals surface area contributed by atoms with Crippen molar-refractivity contribution >= 4 is 5.69 Å². The number of hydrogen-bond donors (Lipinski definition) is 0. The number of likely N-dealkylation sites (tertiary alicyclic amines) is 1. The summed E-state index contributed by atoms with van der Waals surface area (Å²) in [5.74, 6) is 1.01. The maximum Gasteiger partial charge on any atom is 0.161 e. The van der Waals surface area contributed by atoms with Crippen LogP contribution in [-0.4, -0.2) is 52.2 Å². The molecule has 0 radical (unpaired) electrons. The molecule has 0 amide bonds. The SMILES string of the molecule is CN1CC2(CCN(c3ccc4c(c3)Cn3cc(-c5ccccc5)cc3-c3nccn3-4)C2)C1. The molecule has 32 heavy (non-hydrogen) atoms. The third kappa shape index (κ3) is 2.71. The van der Waals surface area contributed by atoms with Gasteiger partial charge in [-0.3, -0.25) is 4.57 Å². The number of anilines is 1. The van der Waals surface area contributed by atoms with Crippen molar-refractivity contribution in [3.8, 4) is 28.3 Å². The van der Waals surface area contributed by atoms with Crippen molar-refractivity contribution in [2.24, 2.45) is 5.41 Å². The highest BCUT2D eigenvalue weighted by atomic mass is 15.3. The Hall–Kier alpha value is -3.31. The van der Waals surface area contributed by atoms with Crippen molar-refractivity contribution in [2.75, 3.05) is 38.1 Å². The standard InChI is InChI=1S/C27H27N5/c1-29-17-27(18-29)9-11-30(19-27)23-7-8-24-22(13-23)16-31-15-21(20-5-3-2-4-6-20)14-25(31)26-28-10-12-32(24)26/h2-8,10,12-15H,9,11,16-19H2,1H3. The van der Waals surface area contributed by atoms with E-state index in [0.717, 1.165) is 18.9 Å². The minimum absolute atomic E-state index is 0.511. The molecule has 160 valence electrons. The Labute approximate surface area is 188 Å². The van der Waals surface area contributed by atoms with E-state index in [4.69, 9.17) is 4.98 Å². The molecule has 2 saturated heterocycles. The van der Waals surface area contributed by atoms with Gasteiger partial charge in [0, 0.05) is 68.0 Å². The first-order valence-electron chi connectivity index (χ1n) is 11.5. The van der Waals surface area contributed by atoms with E-state index in [1.54, 1.807) is 0 Å². The Morgan fingerprint density at radius 2 is 1.81 bits per heavy atom. The first kappa shape index (κ1) is 18.3. The van der Waals surface area contributed by atoms with Crippen molar-refractivity contribution < 1.29 is 0 Å². The lowest BCUT2D eigenvalue weighted by Gasteiger charge is -2.46.